The van der Waals surface area contributed by atoms with Gasteiger partial charge in [0.1, 0.15) is 6.07 Å². The van der Waals surface area contributed by atoms with Crippen molar-refractivity contribution < 1.29 is 4.74 Å². The largest absolute Gasteiger partial charge is 0.452 e. The van der Waals surface area contributed by atoms with Crippen LogP contribution in [0.1, 0.15) is 5.69 Å². The number of hydrogen-bond donors (Lipinski definition) is 1. The first kappa shape index (κ1) is 11.4. The molecule has 4 nitrogen and oxygen atoms in total. The molecule has 0 saturated carbocycles. The van der Waals surface area contributed by atoms with Gasteiger partial charge in [-0.3, -0.25) is 0 Å². The molecule has 84 valence electrons. The summed E-state index contributed by atoms with van der Waals surface area (Å²) in [6.07, 6.45) is 1.54. The molecule has 2 N–H and O–H groups in total. The van der Waals surface area contributed by atoms with Crippen molar-refractivity contribution in [2.75, 3.05) is 5.73 Å². The predicted octanol–water partition coefficient (Wildman–Crippen LogP) is 3.09. The second kappa shape index (κ2) is 4.85. The zero-order chi connectivity index (χ0) is 12.3. The number of nitrogens with two attached hydrogens (primary N) is 1. The van der Waals surface area contributed by atoms with Crippen LogP contribution in [0.3, 0.4) is 0 Å². The molecule has 0 aliphatic rings. The summed E-state index contributed by atoms with van der Waals surface area (Å²) in [4.78, 5) is 3.90. The summed E-state index contributed by atoms with van der Waals surface area (Å²) in [7, 11) is 0. The second-order valence-electron chi connectivity index (χ2n) is 3.25. The van der Waals surface area contributed by atoms with Crippen molar-refractivity contribution in [2.24, 2.45) is 0 Å². The van der Waals surface area contributed by atoms with Crippen molar-refractivity contribution in [3.63, 3.8) is 0 Å². The maximum atomic E-state index is 8.88. The predicted molar refractivity (Wildman–Crippen MR) is 67.6 cm³/mol. The van der Waals surface area contributed by atoms with Gasteiger partial charge in [-0.1, -0.05) is 15.9 Å². The molecular weight excluding hydrogens is 282 g/mol. The summed E-state index contributed by atoms with van der Waals surface area (Å²) in [5, 5.41) is 8.88. The smallest absolute Gasteiger partial charge is 0.183 e. The minimum Gasteiger partial charge on any atom is -0.452 e. The topological polar surface area (TPSA) is 71.9 Å². The molecule has 0 radical (unpaired) electrons. The molecule has 5 heteroatoms. The molecule has 2 rings (SSSR count). The minimum atomic E-state index is 0.231. The molecule has 2 aromatic rings. The Kier molecular flexibility index (Phi) is 3.26. The van der Waals surface area contributed by atoms with Gasteiger partial charge in [-0.15, -0.1) is 0 Å². The number of halogens is 1. The Balaban J connectivity index is 2.35. The van der Waals surface area contributed by atoms with Gasteiger partial charge in [0.25, 0.3) is 0 Å². The van der Waals surface area contributed by atoms with E-state index in [1.807, 2.05) is 12.1 Å². The van der Waals surface area contributed by atoms with Gasteiger partial charge in [-0.05, 0) is 30.3 Å². The van der Waals surface area contributed by atoms with Crippen molar-refractivity contribution >= 4 is 21.6 Å². The molecule has 1 aromatic heterocycles. The summed E-state index contributed by atoms with van der Waals surface area (Å²) < 4.78 is 6.42. The van der Waals surface area contributed by atoms with Crippen molar-refractivity contribution in [1.82, 2.24) is 4.98 Å². The molecule has 0 amide bonds. The van der Waals surface area contributed by atoms with Gasteiger partial charge < -0.3 is 10.5 Å². The van der Waals surface area contributed by atoms with Crippen LogP contribution >= 0.6 is 15.9 Å². The number of anilines is 1. The highest BCUT2D eigenvalue weighted by molar-refractivity contribution is 9.10. The Morgan fingerprint density at radius 1 is 1.29 bits per heavy atom. The van der Waals surface area contributed by atoms with Gasteiger partial charge in [0, 0.05) is 10.7 Å². The molecule has 0 saturated heterocycles. The van der Waals surface area contributed by atoms with Crippen LogP contribution in [0.4, 0.5) is 5.69 Å². The first-order valence-corrected chi connectivity index (χ1v) is 5.58. The van der Waals surface area contributed by atoms with Crippen LogP contribution in [0.15, 0.2) is 41.0 Å². The summed E-state index contributed by atoms with van der Waals surface area (Å²) in [5.74, 6) is 0.890. The maximum Gasteiger partial charge on any atom is 0.183 e. The summed E-state index contributed by atoms with van der Waals surface area (Å²) in [6.45, 7) is 0. The van der Waals surface area contributed by atoms with E-state index < -0.39 is 0 Å². The highest BCUT2D eigenvalue weighted by atomic mass is 79.9. The number of nitrogens with zero attached hydrogens (tertiary/aromatic N) is 2. The van der Waals surface area contributed by atoms with Gasteiger partial charge in [-0.2, -0.15) is 5.26 Å². The normalized spacial score (nSPS) is 9.65. The number of ether oxygens (including phenoxy) is 1. The average Bonchev–Trinajstić information content (AvgIpc) is 2.33. The lowest BCUT2D eigenvalue weighted by atomic mass is 10.3. The standard InChI is InChI=1S/C12H8BrN3O/c13-8-3-4-11(9(15)6-8)17-12-2-1-5-16-10(12)7-14/h1-6H,15H2. The van der Waals surface area contributed by atoms with Crippen LogP contribution in [0.2, 0.25) is 0 Å². The van der Waals surface area contributed by atoms with E-state index in [1.165, 1.54) is 6.20 Å². The molecule has 0 spiro atoms. The molecule has 17 heavy (non-hydrogen) atoms. The van der Waals surface area contributed by atoms with Gasteiger partial charge in [0.2, 0.25) is 0 Å². The first-order chi connectivity index (χ1) is 8.20. The lowest BCUT2D eigenvalue weighted by Crippen LogP contribution is -1.94. The van der Waals surface area contributed by atoms with Crippen LogP contribution in [0.5, 0.6) is 11.5 Å². The molecule has 0 fully saturated rings. The molecule has 0 atom stereocenters. The van der Waals surface area contributed by atoms with E-state index in [1.54, 1.807) is 24.3 Å². The fraction of sp³-hybridized carbons (Fsp3) is 0. The number of rotatable bonds is 2. The summed E-state index contributed by atoms with van der Waals surface area (Å²) >= 11 is 3.31. The summed E-state index contributed by atoms with van der Waals surface area (Å²) in [5.41, 5.74) is 6.53. The van der Waals surface area contributed by atoms with Crippen LogP contribution in [0, 0.1) is 11.3 Å². The lowest BCUT2D eigenvalue weighted by molar-refractivity contribution is 0.480. The van der Waals surface area contributed by atoms with Crippen LogP contribution in [-0.4, -0.2) is 4.98 Å². The number of hydrogen-bond acceptors (Lipinski definition) is 4. The molecule has 1 aromatic carbocycles. The zero-order valence-corrected chi connectivity index (χ0v) is 10.3. The Morgan fingerprint density at radius 3 is 2.82 bits per heavy atom. The Morgan fingerprint density at radius 2 is 2.12 bits per heavy atom. The minimum absolute atomic E-state index is 0.231. The SMILES string of the molecule is N#Cc1ncccc1Oc1ccc(Br)cc1N. The fourth-order valence-electron chi connectivity index (χ4n) is 1.29. The van der Waals surface area contributed by atoms with E-state index in [-0.39, 0.29) is 5.69 Å². The first-order valence-electron chi connectivity index (χ1n) is 4.78. The number of aromatic nitrogens is 1. The van der Waals surface area contributed by atoms with E-state index in [2.05, 4.69) is 20.9 Å². The number of nitrogen functional groups attached to an aromatic ring is 1. The zero-order valence-electron chi connectivity index (χ0n) is 8.72. The van der Waals surface area contributed by atoms with E-state index in [0.717, 1.165) is 4.47 Å². The summed E-state index contributed by atoms with van der Waals surface area (Å²) in [6, 6.07) is 10.6. The molecule has 1 heterocycles. The monoisotopic (exact) mass is 289 g/mol. The molecular formula is C12H8BrN3O. The number of pyridine rings is 1. The van der Waals surface area contributed by atoms with Gasteiger partial charge in [-0.25, -0.2) is 4.98 Å². The molecule has 0 aliphatic carbocycles. The Hall–Kier alpha value is -2.06. The highest BCUT2D eigenvalue weighted by Gasteiger charge is 2.07. The van der Waals surface area contributed by atoms with Crippen molar-refractivity contribution in [1.29, 1.82) is 5.26 Å². The van der Waals surface area contributed by atoms with Crippen molar-refractivity contribution in [2.45, 2.75) is 0 Å². The van der Waals surface area contributed by atoms with Gasteiger partial charge >= 0.3 is 0 Å². The fourth-order valence-corrected chi connectivity index (χ4v) is 1.67. The maximum absolute atomic E-state index is 8.88. The highest BCUT2D eigenvalue weighted by Crippen LogP contribution is 2.30. The number of benzene rings is 1. The average molecular weight is 290 g/mol. The van der Waals surface area contributed by atoms with E-state index in [9.17, 15) is 0 Å². The van der Waals surface area contributed by atoms with Crippen LogP contribution < -0.4 is 10.5 Å². The second-order valence-corrected chi connectivity index (χ2v) is 4.16. The third-order valence-electron chi connectivity index (χ3n) is 2.07. The van der Waals surface area contributed by atoms with E-state index in [4.69, 9.17) is 15.7 Å². The molecule has 0 unspecified atom stereocenters. The van der Waals surface area contributed by atoms with Crippen molar-refractivity contribution in [3.8, 4) is 17.6 Å². The van der Waals surface area contributed by atoms with E-state index in [0.29, 0.717) is 17.2 Å². The van der Waals surface area contributed by atoms with Crippen LogP contribution in [-0.2, 0) is 0 Å². The van der Waals surface area contributed by atoms with Gasteiger partial charge in [0.15, 0.2) is 17.2 Å². The lowest BCUT2D eigenvalue weighted by Gasteiger charge is -2.09. The van der Waals surface area contributed by atoms with Crippen molar-refractivity contribution in [3.05, 3.63) is 46.7 Å². The van der Waals surface area contributed by atoms with Crippen LogP contribution in [0.25, 0.3) is 0 Å². The molecule has 0 bridgehead atoms. The quantitative estimate of drug-likeness (QED) is 0.863. The third-order valence-corrected chi connectivity index (χ3v) is 2.56. The number of nitriles is 1. The molecule has 0 aliphatic heterocycles. The Labute approximate surface area is 107 Å². The van der Waals surface area contributed by atoms with E-state index >= 15 is 0 Å². The third kappa shape index (κ3) is 2.55. The van der Waals surface area contributed by atoms with Gasteiger partial charge in [0.05, 0.1) is 5.69 Å². The Bertz CT molecular complexity index is 593.